The van der Waals surface area contributed by atoms with Crippen molar-refractivity contribution in [3.05, 3.63) is 23.0 Å². The van der Waals surface area contributed by atoms with Crippen LogP contribution in [0.1, 0.15) is 12.8 Å². The van der Waals surface area contributed by atoms with E-state index in [2.05, 4.69) is 5.32 Å². The molecule has 0 atom stereocenters. The largest absolute Gasteiger partial charge is 0.397 e. The zero-order valence-corrected chi connectivity index (χ0v) is 9.52. The van der Waals surface area contributed by atoms with Crippen LogP contribution in [0.4, 0.5) is 15.8 Å². The molecule has 0 unspecified atom stereocenters. The van der Waals surface area contributed by atoms with Gasteiger partial charge in [-0.3, -0.25) is 0 Å². The maximum absolute atomic E-state index is 13.2. The van der Waals surface area contributed by atoms with Crippen molar-refractivity contribution >= 4 is 23.0 Å². The average Bonchev–Trinajstić information content (AvgIpc) is 3.02. The van der Waals surface area contributed by atoms with Gasteiger partial charge in [0, 0.05) is 18.0 Å². The highest BCUT2D eigenvalue weighted by molar-refractivity contribution is 6.31. The van der Waals surface area contributed by atoms with Gasteiger partial charge in [-0.15, -0.1) is 0 Å². The normalized spacial score (nSPS) is 17.2. The molecule has 0 radical (unpaired) electrons. The summed E-state index contributed by atoms with van der Waals surface area (Å²) >= 11 is 5.59. The van der Waals surface area contributed by atoms with Crippen molar-refractivity contribution in [1.29, 1.82) is 0 Å². The fraction of sp³-hybridized carbons (Fsp3) is 0.455. The second-order valence-electron chi connectivity index (χ2n) is 4.37. The van der Waals surface area contributed by atoms with Gasteiger partial charge in [-0.05, 0) is 18.9 Å². The van der Waals surface area contributed by atoms with Crippen LogP contribution >= 0.6 is 11.6 Å². The van der Waals surface area contributed by atoms with E-state index in [1.807, 2.05) is 0 Å². The van der Waals surface area contributed by atoms with E-state index in [1.54, 1.807) is 0 Å². The summed E-state index contributed by atoms with van der Waals surface area (Å²) in [6, 6.07) is 2.67. The highest BCUT2D eigenvalue weighted by Gasteiger charge is 2.41. The fourth-order valence-corrected chi connectivity index (χ4v) is 1.74. The third-order valence-electron chi connectivity index (χ3n) is 3.04. The SMILES string of the molecule is Nc1cc(Cl)c(F)cc1NCC1(CO)CC1. The van der Waals surface area contributed by atoms with Gasteiger partial charge >= 0.3 is 0 Å². The van der Waals surface area contributed by atoms with E-state index >= 15 is 0 Å². The topological polar surface area (TPSA) is 58.3 Å². The smallest absolute Gasteiger partial charge is 0.143 e. The maximum Gasteiger partial charge on any atom is 0.143 e. The van der Waals surface area contributed by atoms with Crippen LogP contribution in [0.15, 0.2) is 12.1 Å². The summed E-state index contributed by atoms with van der Waals surface area (Å²) in [6.45, 7) is 0.755. The molecule has 0 amide bonds. The summed E-state index contributed by atoms with van der Waals surface area (Å²) in [5.74, 6) is -0.493. The van der Waals surface area contributed by atoms with Crippen molar-refractivity contribution in [2.75, 3.05) is 24.2 Å². The number of benzene rings is 1. The van der Waals surface area contributed by atoms with Crippen molar-refractivity contribution in [2.24, 2.45) is 5.41 Å². The molecular formula is C11H14ClFN2O. The first-order valence-corrected chi connectivity index (χ1v) is 5.53. The van der Waals surface area contributed by atoms with E-state index in [4.69, 9.17) is 22.4 Å². The number of hydrogen-bond donors (Lipinski definition) is 3. The highest BCUT2D eigenvalue weighted by Crippen LogP contribution is 2.45. The van der Waals surface area contributed by atoms with Crippen molar-refractivity contribution in [1.82, 2.24) is 0 Å². The quantitative estimate of drug-likeness (QED) is 0.712. The van der Waals surface area contributed by atoms with Crippen LogP contribution < -0.4 is 11.1 Å². The second kappa shape index (κ2) is 4.11. The van der Waals surface area contributed by atoms with E-state index in [9.17, 15) is 4.39 Å². The molecule has 1 saturated carbocycles. The third kappa shape index (κ3) is 2.23. The molecule has 0 aliphatic heterocycles. The summed E-state index contributed by atoms with van der Waals surface area (Å²) in [4.78, 5) is 0. The van der Waals surface area contributed by atoms with E-state index in [0.29, 0.717) is 17.9 Å². The van der Waals surface area contributed by atoms with Crippen LogP contribution in [0, 0.1) is 11.2 Å². The Balaban J connectivity index is 2.07. The minimum Gasteiger partial charge on any atom is -0.397 e. The van der Waals surface area contributed by atoms with E-state index in [1.165, 1.54) is 12.1 Å². The first-order chi connectivity index (χ1) is 7.56. The van der Waals surface area contributed by atoms with Gasteiger partial charge in [0.2, 0.25) is 0 Å². The van der Waals surface area contributed by atoms with Gasteiger partial charge in [0.05, 0.1) is 23.0 Å². The summed E-state index contributed by atoms with van der Waals surface area (Å²) in [6.07, 6.45) is 1.99. The number of aliphatic hydroxyl groups is 1. The number of aliphatic hydroxyl groups excluding tert-OH is 1. The van der Waals surface area contributed by atoms with Crippen LogP contribution in [0.5, 0.6) is 0 Å². The Bertz CT molecular complexity index is 407. The first kappa shape index (κ1) is 11.5. The van der Waals surface area contributed by atoms with Crippen LogP contribution in [-0.2, 0) is 0 Å². The van der Waals surface area contributed by atoms with Gasteiger partial charge in [-0.2, -0.15) is 0 Å². The zero-order valence-electron chi connectivity index (χ0n) is 8.76. The molecule has 4 N–H and O–H groups in total. The summed E-state index contributed by atoms with van der Waals surface area (Å²) < 4.78 is 13.2. The Morgan fingerprint density at radius 3 is 2.75 bits per heavy atom. The minimum atomic E-state index is -0.493. The number of nitrogen functional groups attached to an aromatic ring is 1. The third-order valence-corrected chi connectivity index (χ3v) is 3.33. The molecule has 5 heteroatoms. The van der Waals surface area contributed by atoms with Crippen molar-refractivity contribution in [2.45, 2.75) is 12.8 Å². The maximum atomic E-state index is 13.2. The lowest BCUT2D eigenvalue weighted by Crippen LogP contribution is -2.19. The van der Waals surface area contributed by atoms with Crippen molar-refractivity contribution < 1.29 is 9.50 Å². The van der Waals surface area contributed by atoms with Gasteiger partial charge in [-0.1, -0.05) is 11.6 Å². The van der Waals surface area contributed by atoms with Gasteiger partial charge in [-0.25, -0.2) is 4.39 Å². The lowest BCUT2D eigenvalue weighted by Gasteiger charge is -2.15. The standard InChI is InChI=1S/C11H14ClFN2O/c12-7-3-9(14)10(4-8(7)13)15-5-11(6-16)1-2-11/h3-4,15-16H,1-2,5-6,14H2. The molecule has 0 saturated heterocycles. The molecule has 1 fully saturated rings. The van der Waals surface area contributed by atoms with E-state index in [0.717, 1.165) is 12.8 Å². The summed E-state index contributed by atoms with van der Waals surface area (Å²) in [7, 11) is 0. The predicted molar refractivity (Wildman–Crippen MR) is 63.1 cm³/mol. The average molecular weight is 245 g/mol. The molecule has 0 bridgehead atoms. The van der Waals surface area contributed by atoms with Crippen LogP contribution in [0.25, 0.3) is 0 Å². The molecule has 88 valence electrons. The second-order valence-corrected chi connectivity index (χ2v) is 4.77. The monoisotopic (exact) mass is 244 g/mol. The number of nitrogens with two attached hydrogens (primary N) is 1. The van der Waals surface area contributed by atoms with Gasteiger partial charge in [0.15, 0.2) is 0 Å². The van der Waals surface area contributed by atoms with Crippen molar-refractivity contribution in [3.8, 4) is 0 Å². The van der Waals surface area contributed by atoms with Crippen LogP contribution in [0.3, 0.4) is 0 Å². The molecule has 16 heavy (non-hydrogen) atoms. The zero-order chi connectivity index (χ0) is 11.8. The number of hydrogen-bond acceptors (Lipinski definition) is 3. The van der Waals surface area contributed by atoms with Gasteiger partial charge < -0.3 is 16.2 Å². The lowest BCUT2D eigenvalue weighted by molar-refractivity contribution is 0.220. The Hall–Kier alpha value is -1.00. The molecule has 2 rings (SSSR count). The molecule has 1 aliphatic carbocycles. The number of nitrogens with one attached hydrogen (secondary N) is 1. The molecule has 0 aromatic heterocycles. The van der Waals surface area contributed by atoms with Crippen LogP contribution in [0.2, 0.25) is 5.02 Å². The molecule has 0 spiro atoms. The first-order valence-electron chi connectivity index (χ1n) is 5.16. The number of anilines is 2. The Labute approximate surface area is 98.4 Å². The fourth-order valence-electron chi connectivity index (χ4n) is 1.57. The molecular weight excluding hydrogens is 231 g/mol. The molecule has 1 aromatic rings. The van der Waals surface area contributed by atoms with E-state index in [-0.39, 0.29) is 17.0 Å². The number of halogens is 2. The Morgan fingerprint density at radius 2 is 2.19 bits per heavy atom. The van der Waals surface area contributed by atoms with E-state index < -0.39 is 5.82 Å². The molecule has 1 aromatic carbocycles. The lowest BCUT2D eigenvalue weighted by atomic mass is 10.1. The predicted octanol–water partition coefficient (Wildman–Crippen LogP) is 2.25. The number of rotatable bonds is 4. The Kier molecular flexibility index (Phi) is 2.95. The Morgan fingerprint density at radius 1 is 1.50 bits per heavy atom. The van der Waals surface area contributed by atoms with Gasteiger partial charge in [0.25, 0.3) is 0 Å². The summed E-state index contributed by atoms with van der Waals surface area (Å²) in [5.41, 5.74) is 6.61. The molecule has 1 aliphatic rings. The summed E-state index contributed by atoms with van der Waals surface area (Å²) in [5, 5.41) is 12.2. The van der Waals surface area contributed by atoms with Crippen LogP contribution in [-0.4, -0.2) is 18.3 Å². The molecule has 0 heterocycles. The van der Waals surface area contributed by atoms with Gasteiger partial charge in [0.1, 0.15) is 5.82 Å². The minimum absolute atomic E-state index is 0.0198. The van der Waals surface area contributed by atoms with Crippen molar-refractivity contribution in [3.63, 3.8) is 0 Å². The highest BCUT2D eigenvalue weighted by atomic mass is 35.5. The molecule has 3 nitrogen and oxygen atoms in total.